The summed E-state index contributed by atoms with van der Waals surface area (Å²) in [5, 5.41) is 0. The number of ether oxygens (including phenoxy) is 1. The van der Waals surface area contributed by atoms with Crippen molar-refractivity contribution in [2.24, 2.45) is 11.7 Å². The van der Waals surface area contributed by atoms with Crippen LogP contribution >= 0.6 is 0 Å². The average molecular weight is 276 g/mol. The Bertz CT molecular complexity index is 377. The maximum absolute atomic E-state index is 11.6. The van der Waals surface area contributed by atoms with Crippen LogP contribution in [0.5, 0.6) is 0 Å². The Hall–Kier alpha value is -0.170. The summed E-state index contributed by atoms with van der Waals surface area (Å²) in [4.78, 5) is 0. The quantitative estimate of drug-likeness (QED) is 0.817. The first-order chi connectivity index (χ1) is 8.39. The van der Waals surface area contributed by atoms with Crippen molar-refractivity contribution in [3.8, 4) is 0 Å². The molecule has 2 rings (SSSR count). The molecule has 0 aliphatic carbocycles. The summed E-state index contributed by atoms with van der Waals surface area (Å²) >= 11 is 0. The first-order valence-electron chi connectivity index (χ1n) is 6.71. The molecule has 0 aromatic carbocycles. The van der Waals surface area contributed by atoms with Crippen molar-refractivity contribution in [2.45, 2.75) is 37.6 Å². The molecule has 2 aliphatic heterocycles. The fourth-order valence-corrected chi connectivity index (χ4v) is 4.05. The predicted molar refractivity (Wildman–Crippen MR) is 70.7 cm³/mol. The fraction of sp³-hybridized carbons (Fsp3) is 1.00. The number of nitrogens with two attached hydrogens (primary N) is 1. The van der Waals surface area contributed by atoms with Gasteiger partial charge in [-0.2, -0.15) is 0 Å². The molecule has 0 radical (unpaired) electrons. The highest BCUT2D eigenvalue weighted by atomic mass is 32.2. The number of hydrogen-bond acceptors (Lipinski definition) is 4. The molecule has 2 atom stereocenters. The molecule has 6 heteroatoms. The third-order valence-corrected chi connectivity index (χ3v) is 5.27. The second-order valence-electron chi connectivity index (χ2n) is 5.85. The van der Waals surface area contributed by atoms with Gasteiger partial charge >= 0.3 is 0 Å². The second kappa shape index (κ2) is 5.45. The third kappa shape index (κ3) is 3.66. The van der Waals surface area contributed by atoms with E-state index in [0.717, 1.165) is 38.7 Å². The first kappa shape index (κ1) is 14.2. The Kier molecular flexibility index (Phi) is 4.31. The Morgan fingerprint density at radius 2 is 2.22 bits per heavy atom. The standard InChI is InChI=1S/C12H24N2O3S/c1-18(15,16)14-6-2-4-11(9-14)8-12(13)5-3-7-17-10-12/h11H,2-10,13H2,1H3. The number of piperidine rings is 1. The van der Waals surface area contributed by atoms with Gasteiger partial charge in [0.15, 0.2) is 0 Å². The van der Waals surface area contributed by atoms with E-state index in [1.807, 2.05) is 0 Å². The lowest BCUT2D eigenvalue weighted by molar-refractivity contribution is 0.0234. The Balaban J connectivity index is 1.93. The van der Waals surface area contributed by atoms with Crippen molar-refractivity contribution in [1.29, 1.82) is 0 Å². The lowest BCUT2D eigenvalue weighted by Crippen LogP contribution is -2.51. The van der Waals surface area contributed by atoms with E-state index in [2.05, 4.69) is 0 Å². The van der Waals surface area contributed by atoms with Gasteiger partial charge in [0.1, 0.15) is 0 Å². The van der Waals surface area contributed by atoms with Crippen LogP contribution < -0.4 is 5.73 Å². The van der Waals surface area contributed by atoms with Crippen molar-refractivity contribution in [3.63, 3.8) is 0 Å². The summed E-state index contributed by atoms with van der Waals surface area (Å²) in [6.07, 6.45) is 6.18. The van der Waals surface area contributed by atoms with Crippen LogP contribution in [0.4, 0.5) is 0 Å². The van der Waals surface area contributed by atoms with E-state index in [-0.39, 0.29) is 5.54 Å². The summed E-state index contributed by atoms with van der Waals surface area (Å²) in [6.45, 7) is 2.70. The molecule has 0 bridgehead atoms. The van der Waals surface area contributed by atoms with Gasteiger partial charge in [0, 0.05) is 25.2 Å². The lowest BCUT2D eigenvalue weighted by atomic mass is 9.81. The van der Waals surface area contributed by atoms with E-state index in [0.29, 0.717) is 25.6 Å². The smallest absolute Gasteiger partial charge is 0.211 e. The topological polar surface area (TPSA) is 72.6 Å². The molecule has 0 saturated carbocycles. The molecule has 2 saturated heterocycles. The van der Waals surface area contributed by atoms with Crippen molar-refractivity contribution in [2.75, 3.05) is 32.6 Å². The summed E-state index contributed by atoms with van der Waals surface area (Å²) in [5.74, 6) is 0.375. The van der Waals surface area contributed by atoms with Crippen LogP contribution in [0.3, 0.4) is 0 Å². The van der Waals surface area contributed by atoms with Crippen LogP contribution in [0, 0.1) is 5.92 Å². The molecule has 0 aromatic rings. The lowest BCUT2D eigenvalue weighted by Gasteiger charge is -2.39. The van der Waals surface area contributed by atoms with Gasteiger partial charge in [-0.15, -0.1) is 0 Å². The molecule has 18 heavy (non-hydrogen) atoms. The van der Waals surface area contributed by atoms with Gasteiger partial charge in [-0.1, -0.05) is 0 Å². The van der Waals surface area contributed by atoms with E-state index in [4.69, 9.17) is 10.5 Å². The maximum Gasteiger partial charge on any atom is 0.211 e. The molecule has 106 valence electrons. The van der Waals surface area contributed by atoms with Crippen molar-refractivity contribution >= 4 is 10.0 Å². The molecular weight excluding hydrogens is 252 g/mol. The van der Waals surface area contributed by atoms with E-state index in [9.17, 15) is 8.42 Å². The molecule has 0 amide bonds. The van der Waals surface area contributed by atoms with Crippen LogP contribution in [0.2, 0.25) is 0 Å². The Morgan fingerprint density at radius 1 is 1.44 bits per heavy atom. The van der Waals surface area contributed by atoms with Crippen LogP contribution in [0.15, 0.2) is 0 Å². The zero-order valence-electron chi connectivity index (χ0n) is 11.1. The normalized spacial score (nSPS) is 35.6. The SMILES string of the molecule is CS(=O)(=O)N1CCCC(CC2(N)CCCOC2)C1. The second-order valence-corrected chi connectivity index (χ2v) is 7.83. The van der Waals surface area contributed by atoms with Gasteiger partial charge in [0.25, 0.3) is 0 Å². The molecular formula is C12H24N2O3S. The minimum Gasteiger partial charge on any atom is -0.380 e. The van der Waals surface area contributed by atoms with E-state index in [1.165, 1.54) is 6.26 Å². The van der Waals surface area contributed by atoms with Crippen LogP contribution in [0.1, 0.15) is 32.1 Å². The average Bonchev–Trinajstić information content (AvgIpc) is 2.28. The van der Waals surface area contributed by atoms with Crippen LogP contribution in [0.25, 0.3) is 0 Å². The summed E-state index contributed by atoms with van der Waals surface area (Å²) < 4.78 is 30.2. The minimum atomic E-state index is -3.06. The molecule has 0 spiro atoms. The highest BCUT2D eigenvalue weighted by Crippen LogP contribution is 2.29. The monoisotopic (exact) mass is 276 g/mol. The van der Waals surface area contributed by atoms with Gasteiger partial charge in [-0.25, -0.2) is 12.7 Å². The first-order valence-corrected chi connectivity index (χ1v) is 8.56. The summed E-state index contributed by atoms with van der Waals surface area (Å²) in [6, 6.07) is 0. The number of rotatable bonds is 3. The van der Waals surface area contributed by atoms with E-state index >= 15 is 0 Å². The van der Waals surface area contributed by atoms with Crippen LogP contribution in [-0.2, 0) is 14.8 Å². The third-order valence-electron chi connectivity index (χ3n) is 4.00. The van der Waals surface area contributed by atoms with Gasteiger partial charge < -0.3 is 10.5 Å². The van der Waals surface area contributed by atoms with Crippen molar-refractivity contribution < 1.29 is 13.2 Å². The van der Waals surface area contributed by atoms with Crippen molar-refractivity contribution in [3.05, 3.63) is 0 Å². The Labute approximate surface area is 110 Å². The zero-order valence-corrected chi connectivity index (χ0v) is 11.9. The van der Waals surface area contributed by atoms with Gasteiger partial charge in [-0.3, -0.25) is 0 Å². The summed E-state index contributed by atoms with van der Waals surface area (Å²) in [5.41, 5.74) is 6.10. The van der Waals surface area contributed by atoms with Gasteiger partial charge in [-0.05, 0) is 38.0 Å². The highest BCUT2D eigenvalue weighted by molar-refractivity contribution is 7.88. The molecule has 0 aromatic heterocycles. The van der Waals surface area contributed by atoms with Crippen molar-refractivity contribution in [1.82, 2.24) is 4.31 Å². The fourth-order valence-electron chi connectivity index (χ4n) is 3.10. The van der Waals surface area contributed by atoms with Crippen LogP contribution in [-0.4, -0.2) is 50.8 Å². The number of nitrogens with zero attached hydrogens (tertiary/aromatic N) is 1. The largest absolute Gasteiger partial charge is 0.380 e. The molecule has 2 heterocycles. The summed E-state index contributed by atoms with van der Waals surface area (Å²) in [7, 11) is -3.06. The van der Waals surface area contributed by atoms with Gasteiger partial charge in [0.2, 0.25) is 10.0 Å². The van der Waals surface area contributed by atoms with E-state index in [1.54, 1.807) is 4.31 Å². The minimum absolute atomic E-state index is 0.247. The highest BCUT2D eigenvalue weighted by Gasteiger charge is 2.34. The number of hydrogen-bond donors (Lipinski definition) is 1. The maximum atomic E-state index is 11.6. The molecule has 2 unspecified atom stereocenters. The van der Waals surface area contributed by atoms with E-state index < -0.39 is 10.0 Å². The predicted octanol–water partition coefficient (Wildman–Crippen LogP) is 0.556. The zero-order chi connectivity index (χ0) is 13.2. The Morgan fingerprint density at radius 3 is 2.83 bits per heavy atom. The van der Waals surface area contributed by atoms with Gasteiger partial charge in [0.05, 0.1) is 12.9 Å². The number of sulfonamides is 1. The molecule has 2 fully saturated rings. The molecule has 2 N–H and O–H groups in total. The molecule has 5 nitrogen and oxygen atoms in total. The molecule has 2 aliphatic rings.